The summed E-state index contributed by atoms with van der Waals surface area (Å²) in [4.78, 5) is 0. The quantitative estimate of drug-likeness (QED) is 0.166. The zero-order valence-corrected chi connectivity index (χ0v) is 21.2. The molecule has 4 aromatic carbocycles. The van der Waals surface area contributed by atoms with Gasteiger partial charge in [0.25, 0.3) is 0 Å². The minimum absolute atomic E-state index is 0.0501. The van der Waals surface area contributed by atoms with Gasteiger partial charge in [0, 0.05) is 34.7 Å². The number of fused-ring (bicyclic) bond motifs is 2. The summed E-state index contributed by atoms with van der Waals surface area (Å²) in [5.74, 6) is -2.75. The van der Waals surface area contributed by atoms with Crippen LogP contribution in [0.1, 0.15) is 52.0 Å². The number of aliphatic hydroxyl groups is 3. The third-order valence-electron chi connectivity index (χ3n) is 7.59. The molecule has 0 unspecified atom stereocenters. The first-order chi connectivity index (χ1) is 19.5. The smallest absolute Gasteiger partial charge is 0.157 e. The number of hydrogen-bond acceptors (Lipinski definition) is 11. The van der Waals surface area contributed by atoms with Gasteiger partial charge in [-0.2, -0.15) is 0 Å². The molecule has 0 saturated heterocycles. The lowest BCUT2D eigenvalue weighted by Crippen LogP contribution is -2.36. The van der Waals surface area contributed by atoms with Gasteiger partial charge in [-0.25, -0.2) is 0 Å². The molecular weight excluding hydrogens is 536 g/mol. The van der Waals surface area contributed by atoms with Crippen molar-refractivity contribution >= 4 is 0 Å². The monoisotopic (exact) mass is 562 g/mol. The second-order valence-electron chi connectivity index (χ2n) is 10.1. The van der Waals surface area contributed by atoms with Crippen LogP contribution in [0.2, 0.25) is 0 Å². The molecule has 11 nitrogen and oxygen atoms in total. The lowest BCUT2D eigenvalue weighted by molar-refractivity contribution is -0.0702. The van der Waals surface area contributed by atoms with Gasteiger partial charge in [0.2, 0.25) is 0 Å². The van der Waals surface area contributed by atoms with E-state index in [9.17, 15) is 46.0 Å². The zero-order valence-electron chi connectivity index (χ0n) is 21.2. The van der Waals surface area contributed by atoms with E-state index < -0.39 is 47.9 Å². The highest BCUT2D eigenvalue weighted by atomic mass is 16.5. The van der Waals surface area contributed by atoms with Gasteiger partial charge in [-0.3, -0.25) is 0 Å². The van der Waals surface area contributed by atoms with Gasteiger partial charge in [-0.1, -0.05) is 18.2 Å². The number of ether oxygens (including phenoxy) is 2. The van der Waals surface area contributed by atoms with Crippen LogP contribution in [0.25, 0.3) is 0 Å². The molecule has 0 spiro atoms. The Balaban J connectivity index is 1.44. The SMILES string of the molecule is Oc1ccc2c(c1)O[C@H](c1ccc(O)c(O)c1)[C@@H](O)[C@@H]2c1cc2c(cc1O)O[C@H](c1ccc(O)c(O)c1)[C@@H](O)[C@@H]2O. The summed E-state index contributed by atoms with van der Waals surface area (Å²) in [5.41, 5.74) is 1.28. The van der Waals surface area contributed by atoms with Crippen molar-refractivity contribution in [3.8, 4) is 46.0 Å². The van der Waals surface area contributed by atoms with Gasteiger partial charge in [0.1, 0.15) is 41.3 Å². The van der Waals surface area contributed by atoms with Crippen LogP contribution < -0.4 is 9.47 Å². The highest BCUT2D eigenvalue weighted by Crippen LogP contribution is 2.52. The Bertz CT molecular complexity index is 1650. The highest BCUT2D eigenvalue weighted by molar-refractivity contribution is 5.57. The number of aromatic hydroxyl groups is 6. The Morgan fingerprint density at radius 1 is 0.463 bits per heavy atom. The van der Waals surface area contributed by atoms with Gasteiger partial charge >= 0.3 is 0 Å². The van der Waals surface area contributed by atoms with E-state index in [4.69, 9.17) is 9.47 Å². The molecule has 0 amide bonds. The largest absolute Gasteiger partial charge is 0.508 e. The number of hydrogen-bond donors (Lipinski definition) is 9. The van der Waals surface area contributed by atoms with Crippen molar-refractivity contribution in [3.05, 3.63) is 94.5 Å². The van der Waals surface area contributed by atoms with Gasteiger partial charge in [0.15, 0.2) is 35.2 Å². The average Bonchev–Trinajstić information content (AvgIpc) is 2.94. The van der Waals surface area contributed by atoms with Crippen LogP contribution in [0.3, 0.4) is 0 Å². The lowest BCUT2D eigenvalue weighted by atomic mass is 9.78. The Hall–Kier alpha value is -4.84. The summed E-state index contributed by atoms with van der Waals surface area (Å²) in [5, 5.41) is 94.2. The maximum atomic E-state index is 11.6. The molecule has 2 heterocycles. The Morgan fingerprint density at radius 3 is 1.61 bits per heavy atom. The fourth-order valence-corrected chi connectivity index (χ4v) is 5.51. The number of benzene rings is 4. The Kier molecular flexibility index (Phi) is 6.22. The number of aliphatic hydroxyl groups excluding tert-OH is 3. The van der Waals surface area contributed by atoms with E-state index in [1.54, 1.807) is 0 Å². The second-order valence-corrected chi connectivity index (χ2v) is 10.1. The van der Waals surface area contributed by atoms with Crippen LogP contribution in [0, 0.1) is 0 Å². The topological polar surface area (TPSA) is 201 Å². The van der Waals surface area contributed by atoms with Crippen molar-refractivity contribution in [1.82, 2.24) is 0 Å². The summed E-state index contributed by atoms with van der Waals surface area (Å²) in [6, 6.07) is 14.7. The van der Waals surface area contributed by atoms with Crippen LogP contribution in [0.15, 0.2) is 66.7 Å². The third-order valence-corrected chi connectivity index (χ3v) is 7.59. The third kappa shape index (κ3) is 4.36. The maximum absolute atomic E-state index is 11.6. The normalized spacial score (nSPS) is 25.0. The van der Waals surface area contributed by atoms with Crippen molar-refractivity contribution in [2.24, 2.45) is 0 Å². The second kappa shape index (κ2) is 9.66. The first-order valence-corrected chi connectivity index (χ1v) is 12.6. The number of phenolic OH excluding ortho intramolecular Hbond substituents is 6. The van der Waals surface area contributed by atoms with Crippen molar-refractivity contribution in [1.29, 1.82) is 0 Å². The first-order valence-electron chi connectivity index (χ1n) is 12.6. The molecule has 41 heavy (non-hydrogen) atoms. The number of phenols is 6. The minimum atomic E-state index is -1.50. The van der Waals surface area contributed by atoms with Crippen LogP contribution in [0.5, 0.6) is 46.0 Å². The predicted molar refractivity (Wildman–Crippen MR) is 141 cm³/mol. The molecule has 0 aliphatic carbocycles. The van der Waals surface area contributed by atoms with E-state index in [1.807, 2.05) is 0 Å². The highest BCUT2D eigenvalue weighted by Gasteiger charge is 2.43. The Morgan fingerprint density at radius 2 is 1.02 bits per heavy atom. The molecule has 0 bridgehead atoms. The summed E-state index contributed by atoms with van der Waals surface area (Å²) in [6.45, 7) is 0. The van der Waals surface area contributed by atoms with Gasteiger partial charge in [-0.15, -0.1) is 0 Å². The molecular formula is C30H26O11. The van der Waals surface area contributed by atoms with Crippen LogP contribution in [0.4, 0.5) is 0 Å². The van der Waals surface area contributed by atoms with E-state index in [-0.39, 0.29) is 51.2 Å². The molecule has 0 saturated carbocycles. The molecule has 212 valence electrons. The van der Waals surface area contributed by atoms with Crippen LogP contribution in [-0.2, 0) is 0 Å². The zero-order chi connectivity index (χ0) is 29.2. The lowest BCUT2D eigenvalue weighted by Gasteiger charge is -2.39. The molecule has 4 aromatic rings. The van der Waals surface area contributed by atoms with Gasteiger partial charge in [0.05, 0.1) is 0 Å². The van der Waals surface area contributed by atoms with Gasteiger partial charge in [-0.05, 0) is 47.5 Å². The molecule has 6 atom stereocenters. The summed E-state index contributed by atoms with van der Waals surface area (Å²) in [6.07, 6.45) is -6.60. The molecule has 11 heteroatoms. The van der Waals surface area contributed by atoms with Crippen LogP contribution in [-0.4, -0.2) is 58.2 Å². The fraction of sp³-hybridized carbons (Fsp3) is 0.200. The van der Waals surface area contributed by atoms with Crippen molar-refractivity contribution in [2.45, 2.75) is 36.4 Å². The fourth-order valence-electron chi connectivity index (χ4n) is 5.51. The molecule has 2 aliphatic heterocycles. The summed E-state index contributed by atoms with van der Waals surface area (Å²) in [7, 11) is 0. The van der Waals surface area contributed by atoms with E-state index in [1.165, 1.54) is 66.7 Å². The molecule has 0 fully saturated rings. The first kappa shape index (κ1) is 26.4. The van der Waals surface area contributed by atoms with Crippen molar-refractivity contribution < 1.29 is 55.4 Å². The standard InChI is InChI=1S/C30H26O11/c31-14-3-4-15-23(9-14)40-29(12-1-5-18(32)21(35)7-12)27(38)25(15)16-10-17-24(11-20(16)34)41-30(28(39)26(17)37)13-2-6-19(33)22(36)8-13/h1-11,25-39H/t25-,26+,27-,28-,29+,30+/m0/s1. The van der Waals surface area contributed by atoms with Crippen LogP contribution >= 0.6 is 0 Å². The van der Waals surface area contributed by atoms with Crippen molar-refractivity contribution in [2.75, 3.05) is 0 Å². The summed E-state index contributed by atoms with van der Waals surface area (Å²) >= 11 is 0. The maximum Gasteiger partial charge on any atom is 0.157 e. The Labute approximate surface area is 232 Å². The predicted octanol–water partition coefficient (Wildman–Crippen LogP) is 3.07. The molecule has 0 radical (unpaired) electrons. The average molecular weight is 563 g/mol. The minimum Gasteiger partial charge on any atom is -0.508 e. The van der Waals surface area contributed by atoms with E-state index in [2.05, 4.69) is 0 Å². The van der Waals surface area contributed by atoms with Gasteiger partial charge < -0.3 is 55.4 Å². The van der Waals surface area contributed by atoms with E-state index in [0.717, 1.165) is 0 Å². The van der Waals surface area contributed by atoms with E-state index >= 15 is 0 Å². The van der Waals surface area contributed by atoms with Crippen molar-refractivity contribution in [3.63, 3.8) is 0 Å². The molecule has 2 aliphatic rings. The summed E-state index contributed by atoms with van der Waals surface area (Å²) < 4.78 is 11.9. The number of rotatable bonds is 3. The van der Waals surface area contributed by atoms with E-state index in [0.29, 0.717) is 11.1 Å². The molecule has 0 aromatic heterocycles. The molecule has 6 rings (SSSR count). The molecule has 9 N–H and O–H groups in total.